The van der Waals surface area contributed by atoms with Crippen LogP contribution in [0, 0.1) is 5.41 Å². The van der Waals surface area contributed by atoms with E-state index >= 15 is 0 Å². The van der Waals surface area contributed by atoms with E-state index in [-0.39, 0.29) is 12.0 Å². The van der Waals surface area contributed by atoms with Gasteiger partial charge in [-0.05, 0) is 19.8 Å². The Hall–Kier alpha value is -0.520. The van der Waals surface area contributed by atoms with Crippen molar-refractivity contribution in [2.75, 3.05) is 25.6 Å². The first kappa shape index (κ1) is 14.9. The minimum absolute atomic E-state index is 0.0591. The van der Waals surface area contributed by atoms with Crippen LogP contribution >= 0.6 is 11.8 Å². The second-order valence-corrected chi connectivity index (χ2v) is 6.97. The number of aliphatic hydroxyl groups excluding tert-OH is 1. The van der Waals surface area contributed by atoms with E-state index in [0.717, 1.165) is 10.9 Å². The third kappa shape index (κ3) is 2.98. The molecule has 1 aliphatic heterocycles. The molecule has 0 unspecified atom stereocenters. The fourth-order valence-corrected chi connectivity index (χ4v) is 3.51. The molecule has 2 rings (SSSR count). The Morgan fingerprint density at radius 1 is 1.42 bits per heavy atom. The summed E-state index contributed by atoms with van der Waals surface area (Å²) in [5.41, 5.74) is 1.22. The van der Waals surface area contributed by atoms with Crippen molar-refractivity contribution < 1.29 is 9.84 Å². The van der Waals surface area contributed by atoms with Gasteiger partial charge in [0.1, 0.15) is 0 Å². The third-order valence-electron chi connectivity index (χ3n) is 3.56. The predicted molar refractivity (Wildman–Crippen MR) is 77.8 cm³/mol. The maximum atomic E-state index is 9.47. The standard InChI is InChI=1S/C14H24N2O2S/c1-10(2)12-5-15-13(16(12)11(3)4)19-9-14(6-17)7-18-8-14/h5,10-11,17H,6-9H2,1-4H3. The molecule has 2 heterocycles. The molecule has 4 nitrogen and oxygen atoms in total. The number of ether oxygens (including phenoxy) is 1. The molecule has 1 saturated heterocycles. The summed E-state index contributed by atoms with van der Waals surface area (Å²) in [5, 5.41) is 10.5. The van der Waals surface area contributed by atoms with Gasteiger partial charge in [0.05, 0.1) is 19.8 Å². The number of hydrogen-bond donors (Lipinski definition) is 1. The smallest absolute Gasteiger partial charge is 0.168 e. The van der Waals surface area contributed by atoms with Gasteiger partial charge < -0.3 is 14.4 Å². The molecule has 0 aliphatic carbocycles. The Morgan fingerprint density at radius 2 is 2.11 bits per heavy atom. The zero-order valence-corrected chi connectivity index (χ0v) is 13.0. The molecule has 5 heteroatoms. The maximum Gasteiger partial charge on any atom is 0.168 e. The Labute approximate surface area is 119 Å². The van der Waals surface area contributed by atoms with Gasteiger partial charge in [0, 0.05) is 29.1 Å². The van der Waals surface area contributed by atoms with Crippen LogP contribution in [-0.2, 0) is 4.74 Å². The lowest BCUT2D eigenvalue weighted by Crippen LogP contribution is -2.47. The van der Waals surface area contributed by atoms with Crippen LogP contribution < -0.4 is 0 Å². The van der Waals surface area contributed by atoms with Gasteiger partial charge in [0.15, 0.2) is 5.16 Å². The van der Waals surface area contributed by atoms with E-state index < -0.39 is 0 Å². The van der Waals surface area contributed by atoms with Crippen molar-refractivity contribution >= 4 is 11.8 Å². The Kier molecular flexibility index (Phi) is 4.58. The molecule has 108 valence electrons. The fourth-order valence-electron chi connectivity index (χ4n) is 2.24. The van der Waals surface area contributed by atoms with Gasteiger partial charge in [0.2, 0.25) is 0 Å². The zero-order chi connectivity index (χ0) is 14.0. The molecule has 1 N–H and O–H groups in total. The lowest BCUT2D eigenvalue weighted by atomic mass is 9.90. The van der Waals surface area contributed by atoms with E-state index in [1.807, 2.05) is 6.20 Å². The summed E-state index contributed by atoms with van der Waals surface area (Å²) in [5.74, 6) is 1.34. The molecule has 0 atom stereocenters. The first-order chi connectivity index (χ1) is 8.99. The van der Waals surface area contributed by atoms with E-state index in [0.29, 0.717) is 25.2 Å². The molecule has 1 aromatic rings. The van der Waals surface area contributed by atoms with Crippen LogP contribution in [-0.4, -0.2) is 40.2 Å². The van der Waals surface area contributed by atoms with Crippen molar-refractivity contribution in [2.45, 2.75) is 44.8 Å². The van der Waals surface area contributed by atoms with E-state index in [9.17, 15) is 5.11 Å². The van der Waals surface area contributed by atoms with Crippen molar-refractivity contribution in [3.63, 3.8) is 0 Å². The SMILES string of the molecule is CC(C)c1cnc(SCC2(CO)COC2)n1C(C)C. The third-order valence-corrected chi connectivity index (χ3v) is 4.88. The monoisotopic (exact) mass is 284 g/mol. The minimum atomic E-state index is -0.0591. The number of aromatic nitrogens is 2. The second-order valence-electron chi connectivity index (χ2n) is 6.02. The zero-order valence-electron chi connectivity index (χ0n) is 12.2. The molecule has 19 heavy (non-hydrogen) atoms. The topological polar surface area (TPSA) is 47.3 Å². The second kappa shape index (κ2) is 5.85. The van der Waals surface area contributed by atoms with Crippen LogP contribution in [0.3, 0.4) is 0 Å². The summed E-state index contributed by atoms with van der Waals surface area (Å²) in [6.45, 7) is 10.3. The van der Waals surface area contributed by atoms with Gasteiger partial charge >= 0.3 is 0 Å². The number of imidazole rings is 1. The highest BCUT2D eigenvalue weighted by Gasteiger charge is 2.38. The lowest BCUT2D eigenvalue weighted by molar-refractivity contribution is -0.121. The molecule has 0 saturated carbocycles. The molecule has 1 aliphatic rings. The van der Waals surface area contributed by atoms with Gasteiger partial charge in [-0.25, -0.2) is 4.98 Å². The summed E-state index contributed by atoms with van der Waals surface area (Å²) in [6.07, 6.45) is 1.98. The van der Waals surface area contributed by atoms with E-state index in [1.165, 1.54) is 5.69 Å². The number of rotatable bonds is 6. The largest absolute Gasteiger partial charge is 0.396 e. The average molecular weight is 284 g/mol. The molecule has 0 amide bonds. The Morgan fingerprint density at radius 3 is 2.53 bits per heavy atom. The van der Waals surface area contributed by atoms with Crippen molar-refractivity contribution in [3.05, 3.63) is 11.9 Å². The molecule has 0 bridgehead atoms. The maximum absolute atomic E-state index is 9.47. The highest BCUT2D eigenvalue weighted by Crippen LogP contribution is 2.35. The van der Waals surface area contributed by atoms with Gasteiger partial charge in [-0.2, -0.15) is 0 Å². The van der Waals surface area contributed by atoms with Gasteiger partial charge in [-0.15, -0.1) is 0 Å². The normalized spacial score (nSPS) is 18.1. The first-order valence-electron chi connectivity index (χ1n) is 6.87. The van der Waals surface area contributed by atoms with Crippen LogP contribution in [0.25, 0.3) is 0 Å². The summed E-state index contributed by atoms with van der Waals surface area (Å²) >= 11 is 1.73. The summed E-state index contributed by atoms with van der Waals surface area (Å²) in [4.78, 5) is 4.56. The quantitative estimate of drug-likeness (QED) is 0.816. The molecular formula is C14H24N2O2S. The molecule has 0 spiro atoms. The number of aliphatic hydroxyl groups is 1. The van der Waals surface area contributed by atoms with E-state index in [4.69, 9.17) is 4.74 Å². The fraction of sp³-hybridized carbons (Fsp3) is 0.786. The Balaban J connectivity index is 2.12. The minimum Gasteiger partial charge on any atom is -0.396 e. The van der Waals surface area contributed by atoms with Crippen LogP contribution in [0.15, 0.2) is 11.4 Å². The van der Waals surface area contributed by atoms with E-state index in [1.54, 1.807) is 11.8 Å². The Bertz CT molecular complexity index is 420. The summed E-state index contributed by atoms with van der Waals surface area (Å²) in [6, 6.07) is 0.408. The van der Waals surface area contributed by atoms with Crippen LogP contribution in [0.4, 0.5) is 0 Å². The van der Waals surface area contributed by atoms with Gasteiger partial charge in [0.25, 0.3) is 0 Å². The number of nitrogens with zero attached hydrogens (tertiary/aromatic N) is 2. The highest BCUT2D eigenvalue weighted by molar-refractivity contribution is 7.99. The van der Waals surface area contributed by atoms with Crippen molar-refractivity contribution in [1.29, 1.82) is 0 Å². The first-order valence-corrected chi connectivity index (χ1v) is 7.86. The van der Waals surface area contributed by atoms with Crippen molar-refractivity contribution in [2.24, 2.45) is 5.41 Å². The van der Waals surface area contributed by atoms with Gasteiger partial charge in [-0.1, -0.05) is 25.6 Å². The van der Waals surface area contributed by atoms with E-state index in [2.05, 4.69) is 37.2 Å². The molecule has 0 radical (unpaired) electrons. The predicted octanol–water partition coefficient (Wildman–Crippen LogP) is 2.69. The van der Waals surface area contributed by atoms with Crippen LogP contribution in [0.1, 0.15) is 45.3 Å². The summed E-state index contributed by atoms with van der Waals surface area (Å²) in [7, 11) is 0. The van der Waals surface area contributed by atoms with Gasteiger partial charge in [-0.3, -0.25) is 0 Å². The van der Waals surface area contributed by atoms with Crippen LogP contribution in [0.2, 0.25) is 0 Å². The molecule has 1 fully saturated rings. The highest BCUT2D eigenvalue weighted by atomic mass is 32.2. The lowest BCUT2D eigenvalue weighted by Gasteiger charge is -2.39. The number of thioether (sulfide) groups is 1. The molecule has 0 aromatic carbocycles. The molecular weight excluding hydrogens is 260 g/mol. The van der Waals surface area contributed by atoms with Crippen molar-refractivity contribution in [3.8, 4) is 0 Å². The number of hydrogen-bond acceptors (Lipinski definition) is 4. The molecule has 1 aromatic heterocycles. The average Bonchev–Trinajstić information content (AvgIpc) is 2.72. The summed E-state index contributed by atoms with van der Waals surface area (Å²) < 4.78 is 7.54. The van der Waals surface area contributed by atoms with Crippen LogP contribution in [0.5, 0.6) is 0 Å². The van der Waals surface area contributed by atoms with Crippen molar-refractivity contribution in [1.82, 2.24) is 9.55 Å².